The molecule has 25 heavy (non-hydrogen) atoms. The minimum Gasteiger partial charge on any atom is -0.367 e. The molecule has 2 aromatic heterocycles. The number of aryl methyl sites for hydroxylation is 1. The van der Waals surface area contributed by atoms with E-state index in [0.29, 0.717) is 17.3 Å². The number of nitrogens with zero attached hydrogens (tertiary/aromatic N) is 4. The lowest BCUT2D eigenvalue weighted by atomic mass is 9.95. The second-order valence-corrected chi connectivity index (χ2v) is 8.23. The standard InChI is InChI=1S/C15H20F3N5OS/c1-3-25(24)11-6-4-5-10(8-11)20-12-7-9(2)19-14-21-13(15(16,17)18)22-23(12)14/h7,10-11,20H,3-6,8H2,1-2H3. The van der Waals surface area contributed by atoms with Gasteiger partial charge in [0.05, 0.1) is 0 Å². The molecule has 1 N–H and O–H groups in total. The molecule has 0 bridgehead atoms. The molecule has 1 saturated carbocycles. The van der Waals surface area contributed by atoms with Crippen molar-refractivity contribution in [2.24, 2.45) is 0 Å². The Morgan fingerprint density at radius 2 is 2.12 bits per heavy atom. The Balaban J connectivity index is 1.88. The highest BCUT2D eigenvalue weighted by Gasteiger charge is 2.37. The van der Waals surface area contributed by atoms with E-state index in [4.69, 9.17) is 0 Å². The van der Waals surface area contributed by atoms with Crippen LogP contribution in [0.3, 0.4) is 0 Å². The van der Waals surface area contributed by atoms with Gasteiger partial charge in [-0.15, -0.1) is 5.10 Å². The van der Waals surface area contributed by atoms with Crippen LogP contribution in [0.4, 0.5) is 19.0 Å². The minimum atomic E-state index is -4.62. The molecule has 6 nitrogen and oxygen atoms in total. The molecule has 0 radical (unpaired) electrons. The molecule has 0 amide bonds. The van der Waals surface area contributed by atoms with Crippen LogP contribution in [0.2, 0.25) is 0 Å². The highest BCUT2D eigenvalue weighted by atomic mass is 32.2. The average molecular weight is 375 g/mol. The maximum atomic E-state index is 12.9. The Labute approximate surface area is 145 Å². The number of halogens is 3. The molecule has 0 spiro atoms. The zero-order valence-corrected chi connectivity index (χ0v) is 14.8. The van der Waals surface area contributed by atoms with E-state index in [1.807, 2.05) is 6.92 Å². The summed E-state index contributed by atoms with van der Waals surface area (Å²) in [5.41, 5.74) is 0.556. The summed E-state index contributed by atoms with van der Waals surface area (Å²) in [4.78, 5) is 7.50. The topological polar surface area (TPSA) is 72.2 Å². The van der Waals surface area contributed by atoms with Gasteiger partial charge >= 0.3 is 6.18 Å². The van der Waals surface area contributed by atoms with Gasteiger partial charge in [0, 0.05) is 39.6 Å². The summed E-state index contributed by atoms with van der Waals surface area (Å²) in [6, 6.07) is 1.69. The molecule has 10 heteroatoms. The first kappa shape index (κ1) is 18.1. The summed E-state index contributed by atoms with van der Waals surface area (Å²) in [5, 5.41) is 6.93. The molecule has 1 aliphatic carbocycles. The van der Waals surface area contributed by atoms with Crippen molar-refractivity contribution in [2.45, 2.75) is 57.0 Å². The van der Waals surface area contributed by atoms with Gasteiger partial charge in [-0.3, -0.25) is 4.21 Å². The van der Waals surface area contributed by atoms with E-state index in [9.17, 15) is 17.4 Å². The first-order valence-electron chi connectivity index (χ1n) is 8.23. The van der Waals surface area contributed by atoms with Crippen LogP contribution in [-0.4, -0.2) is 40.8 Å². The van der Waals surface area contributed by atoms with Crippen molar-refractivity contribution in [2.75, 3.05) is 11.1 Å². The maximum absolute atomic E-state index is 12.9. The molecular formula is C15H20F3N5OS. The monoisotopic (exact) mass is 375 g/mol. The van der Waals surface area contributed by atoms with Crippen LogP contribution in [0.1, 0.15) is 44.1 Å². The van der Waals surface area contributed by atoms with E-state index in [1.165, 1.54) is 0 Å². The zero-order chi connectivity index (χ0) is 18.2. The van der Waals surface area contributed by atoms with Crippen molar-refractivity contribution < 1.29 is 17.4 Å². The molecule has 3 rings (SSSR count). The molecule has 1 fully saturated rings. The van der Waals surface area contributed by atoms with Gasteiger partial charge in [-0.1, -0.05) is 13.3 Å². The number of alkyl halides is 3. The molecule has 0 aromatic carbocycles. The fourth-order valence-corrected chi connectivity index (χ4v) is 4.52. The van der Waals surface area contributed by atoms with Gasteiger partial charge in [0.15, 0.2) is 0 Å². The number of anilines is 1. The average Bonchev–Trinajstić information content (AvgIpc) is 2.98. The maximum Gasteiger partial charge on any atom is 0.453 e. The lowest BCUT2D eigenvalue weighted by Gasteiger charge is -2.29. The Kier molecular flexibility index (Phi) is 4.99. The minimum absolute atomic E-state index is 0.0396. The van der Waals surface area contributed by atoms with Gasteiger partial charge in [0.25, 0.3) is 11.6 Å². The molecular weight excluding hydrogens is 355 g/mol. The SMILES string of the molecule is CCS(=O)C1CCCC(Nc2cc(C)nc3nc(C(F)(F)F)nn23)C1. The number of rotatable bonds is 4. The van der Waals surface area contributed by atoms with E-state index in [1.54, 1.807) is 13.0 Å². The van der Waals surface area contributed by atoms with E-state index in [2.05, 4.69) is 20.4 Å². The Hall–Kier alpha value is -1.71. The van der Waals surface area contributed by atoms with E-state index >= 15 is 0 Å². The molecule has 138 valence electrons. The van der Waals surface area contributed by atoms with Crippen molar-refractivity contribution in [3.8, 4) is 0 Å². The normalized spacial score (nSPS) is 22.9. The molecule has 0 saturated heterocycles. The quantitative estimate of drug-likeness (QED) is 0.890. The van der Waals surface area contributed by atoms with Crippen LogP contribution >= 0.6 is 0 Å². The Bertz CT molecular complexity index is 791. The second-order valence-electron chi connectivity index (χ2n) is 6.23. The lowest BCUT2D eigenvalue weighted by Crippen LogP contribution is -2.33. The fraction of sp³-hybridized carbons (Fsp3) is 0.667. The van der Waals surface area contributed by atoms with Crippen LogP contribution in [0.15, 0.2) is 6.07 Å². The highest BCUT2D eigenvalue weighted by molar-refractivity contribution is 7.85. The molecule has 1 aliphatic rings. The zero-order valence-electron chi connectivity index (χ0n) is 14.0. The molecule has 0 aliphatic heterocycles. The summed E-state index contributed by atoms with van der Waals surface area (Å²) >= 11 is 0. The van der Waals surface area contributed by atoms with Gasteiger partial charge in [-0.25, -0.2) is 4.98 Å². The summed E-state index contributed by atoms with van der Waals surface area (Å²) in [7, 11) is -0.867. The van der Waals surface area contributed by atoms with E-state index in [0.717, 1.165) is 30.2 Å². The fourth-order valence-electron chi connectivity index (χ4n) is 3.17. The summed E-state index contributed by atoms with van der Waals surface area (Å²) in [6.45, 7) is 3.60. The highest BCUT2D eigenvalue weighted by Crippen LogP contribution is 2.29. The smallest absolute Gasteiger partial charge is 0.367 e. The third-order valence-electron chi connectivity index (χ3n) is 4.33. The first-order chi connectivity index (χ1) is 11.8. The number of aromatic nitrogens is 4. The van der Waals surface area contributed by atoms with Crippen molar-refractivity contribution in [3.63, 3.8) is 0 Å². The Morgan fingerprint density at radius 3 is 2.80 bits per heavy atom. The summed E-state index contributed by atoms with van der Waals surface area (Å²) < 4.78 is 51.8. The predicted molar refractivity (Wildman–Crippen MR) is 88.9 cm³/mol. The van der Waals surface area contributed by atoms with Crippen molar-refractivity contribution in [1.82, 2.24) is 19.6 Å². The van der Waals surface area contributed by atoms with Crippen LogP contribution in [0, 0.1) is 6.92 Å². The van der Waals surface area contributed by atoms with E-state index < -0.39 is 22.8 Å². The van der Waals surface area contributed by atoms with Gasteiger partial charge in [0.2, 0.25) is 0 Å². The van der Waals surface area contributed by atoms with Gasteiger partial charge < -0.3 is 5.32 Å². The number of hydrogen-bond donors (Lipinski definition) is 1. The van der Waals surface area contributed by atoms with Crippen molar-refractivity contribution in [3.05, 3.63) is 17.6 Å². The first-order valence-corrected chi connectivity index (χ1v) is 9.61. The van der Waals surface area contributed by atoms with Crippen LogP contribution < -0.4 is 5.32 Å². The molecule has 3 atom stereocenters. The number of nitrogens with one attached hydrogen (secondary N) is 1. The summed E-state index contributed by atoms with van der Waals surface area (Å²) in [6.07, 6.45) is -1.16. The summed E-state index contributed by atoms with van der Waals surface area (Å²) in [5.74, 6) is -0.242. The lowest BCUT2D eigenvalue weighted by molar-refractivity contribution is -0.144. The second kappa shape index (κ2) is 6.89. The molecule has 3 unspecified atom stereocenters. The van der Waals surface area contributed by atoms with Gasteiger partial charge in [-0.2, -0.15) is 22.7 Å². The molecule has 2 aromatic rings. The number of fused-ring (bicyclic) bond motifs is 1. The predicted octanol–water partition coefficient (Wildman–Crippen LogP) is 2.94. The third-order valence-corrected chi connectivity index (χ3v) is 6.07. The number of hydrogen-bond acceptors (Lipinski definition) is 5. The third kappa shape index (κ3) is 3.94. The Morgan fingerprint density at radius 1 is 1.36 bits per heavy atom. The van der Waals surface area contributed by atoms with Crippen LogP contribution in [0.25, 0.3) is 5.78 Å². The molecule has 2 heterocycles. The van der Waals surface area contributed by atoms with Gasteiger partial charge in [-0.05, 0) is 26.2 Å². The van der Waals surface area contributed by atoms with Crippen LogP contribution in [-0.2, 0) is 17.0 Å². The van der Waals surface area contributed by atoms with Crippen molar-refractivity contribution >= 4 is 22.4 Å². The van der Waals surface area contributed by atoms with E-state index in [-0.39, 0.29) is 17.1 Å². The van der Waals surface area contributed by atoms with Crippen LogP contribution in [0.5, 0.6) is 0 Å². The largest absolute Gasteiger partial charge is 0.453 e. The van der Waals surface area contributed by atoms with Gasteiger partial charge in [0.1, 0.15) is 5.82 Å². The van der Waals surface area contributed by atoms with Crippen molar-refractivity contribution in [1.29, 1.82) is 0 Å².